The lowest BCUT2D eigenvalue weighted by molar-refractivity contribution is 0.504. The third-order valence-electron chi connectivity index (χ3n) is 1.75. The highest BCUT2D eigenvalue weighted by atomic mass is 16.3. The molecule has 0 saturated heterocycles. The molecule has 5 nitrogen and oxygen atoms in total. The summed E-state index contributed by atoms with van der Waals surface area (Å²) in [6, 6.07) is 1.90. The molecule has 0 amide bonds. The fourth-order valence-electron chi connectivity index (χ4n) is 1.18. The Bertz CT molecular complexity index is 386. The lowest BCUT2D eigenvalue weighted by atomic mass is 10.2. The van der Waals surface area contributed by atoms with Gasteiger partial charge in [0.2, 0.25) is 5.96 Å². The van der Waals surface area contributed by atoms with Gasteiger partial charge in [0.25, 0.3) is 0 Å². The van der Waals surface area contributed by atoms with Crippen LogP contribution in [0, 0.1) is 13.8 Å². The van der Waals surface area contributed by atoms with Crippen LogP contribution in [0.4, 0.5) is 0 Å². The second kappa shape index (κ2) is 3.95. The summed E-state index contributed by atoms with van der Waals surface area (Å²) >= 11 is 0. The van der Waals surface area contributed by atoms with Gasteiger partial charge in [-0.15, -0.1) is 5.10 Å². The number of nitrogens with two attached hydrogens (primary N) is 2. The zero-order chi connectivity index (χ0) is 10.7. The Morgan fingerprint density at radius 3 is 2.36 bits per heavy atom. The van der Waals surface area contributed by atoms with Gasteiger partial charge in [0, 0.05) is 5.56 Å². The SMILES string of the molecule is CC(=NN=C(N)N)c1cc(C)oc1C. The lowest BCUT2D eigenvalue weighted by Gasteiger charge is -1.94. The van der Waals surface area contributed by atoms with Gasteiger partial charge in [0.1, 0.15) is 11.5 Å². The van der Waals surface area contributed by atoms with Crippen LogP contribution in [0.3, 0.4) is 0 Å². The van der Waals surface area contributed by atoms with Crippen molar-refractivity contribution >= 4 is 11.7 Å². The Labute approximate surface area is 82.5 Å². The fourth-order valence-corrected chi connectivity index (χ4v) is 1.18. The molecule has 0 aromatic carbocycles. The van der Waals surface area contributed by atoms with Gasteiger partial charge in [-0.05, 0) is 26.8 Å². The molecular formula is C9H14N4O. The number of rotatable bonds is 2. The van der Waals surface area contributed by atoms with Gasteiger partial charge >= 0.3 is 0 Å². The Morgan fingerprint density at radius 2 is 1.93 bits per heavy atom. The zero-order valence-electron chi connectivity index (χ0n) is 8.53. The number of furan rings is 1. The van der Waals surface area contributed by atoms with Crippen molar-refractivity contribution < 1.29 is 4.42 Å². The molecule has 0 aliphatic carbocycles. The fraction of sp³-hybridized carbons (Fsp3) is 0.333. The molecule has 0 bridgehead atoms. The minimum absolute atomic E-state index is 0.0535. The Hall–Kier alpha value is -1.78. The molecule has 1 heterocycles. The molecule has 0 atom stereocenters. The van der Waals surface area contributed by atoms with Crippen molar-refractivity contribution in [1.82, 2.24) is 0 Å². The van der Waals surface area contributed by atoms with Gasteiger partial charge in [0.05, 0.1) is 5.71 Å². The van der Waals surface area contributed by atoms with E-state index in [0.29, 0.717) is 0 Å². The van der Waals surface area contributed by atoms with Gasteiger partial charge in [-0.2, -0.15) is 5.10 Å². The van der Waals surface area contributed by atoms with E-state index in [4.69, 9.17) is 15.9 Å². The smallest absolute Gasteiger partial charge is 0.211 e. The standard InChI is InChI=1S/C9H14N4O/c1-5-4-8(7(3)14-5)6(2)12-13-9(10)11/h4H,1-3H3,(H4,10,11,13). The van der Waals surface area contributed by atoms with E-state index in [1.54, 1.807) is 0 Å². The molecule has 1 rings (SSSR count). The summed E-state index contributed by atoms with van der Waals surface area (Å²) in [5, 5.41) is 7.43. The Morgan fingerprint density at radius 1 is 1.29 bits per heavy atom. The van der Waals surface area contributed by atoms with Gasteiger partial charge in [-0.1, -0.05) is 0 Å². The quantitative estimate of drug-likeness (QED) is 0.416. The number of nitrogens with zero attached hydrogens (tertiary/aromatic N) is 2. The van der Waals surface area contributed by atoms with Crippen molar-refractivity contribution in [2.45, 2.75) is 20.8 Å². The van der Waals surface area contributed by atoms with Crippen LogP contribution in [0.15, 0.2) is 20.7 Å². The molecule has 0 aliphatic rings. The Kier molecular flexibility index (Phi) is 2.91. The summed E-state index contributed by atoms with van der Waals surface area (Å²) in [7, 11) is 0. The topological polar surface area (TPSA) is 89.9 Å². The predicted molar refractivity (Wildman–Crippen MR) is 56.2 cm³/mol. The summed E-state index contributed by atoms with van der Waals surface area (Å²) in [6.07, 6.45) is 0. The van der Waals surface area contributed by atoms with E-state index >= 15 is 0 Å². The van der Waals surface area contributed by atoms with Crippen LogP contribution < -0.4 is 11.5 Å². The highest BCUT2D eigenvalue weighted by Crippen LogP contribution is 2.14. The first-order valence-electron chi connectivity index (χ1n) is 4.21. The Balaban J connectivity index is 3.00. The maximum atomic E-state index is 5.35. The highest BCUT2D eigenvalue weighted by Gasteiger charge is 2.06. The van der Waals surface area contributed by atoms with Gasteiger partial charge in [0.15, 0.2) is 0 Å². The third kappa shape index (κ3) is 2.35. The molecule has 14 heavy (non-hydrogen) atoms. The van der Waals surface area contributed by atoms with Crippen molar-refractivity contribution in [3.8, 4) is 0 Å². The third-order valence-corrected chi connectivity index (χ3v) is 1.75. The van der Waals surface area contributed by atoms with Crippen LogP contribution in [0.1, 0.15) is 24.0 Å². The molecule has 0 saturated carbocycles. The first-order valence-corrected chi connectivity index (χ1v) is 4.21. The molecule has 1 aromatic rings. The second-order valence-electron chi connectivity index (χ2n) is 3.04. The van der Waals surface area contributed by atoms with E-state index in [1.165, 1.54) is 0 Å². The monoisotopic (exact) mass is 194 g/mol. The van der Waals surface area contributed by atoms with Crippen LogP contribution >= 0.6 is 0 Å². The molecule has 4 N–H and O–H groups in total. The van der Waals surface area contributed by atoms with Gasteiger partial charge in [-0.3, -0.25) is 0 Å². The molecule has 1 aromatic heterocycles. The molecule has 0 radical (unpaired) electrons. The van der Waals surface area contributed by atoms with Crippen LogP contribution in [-0.2, 0) is 0 Å². The molecule has 76 valence electrons. The van der Waals surface area contributed by atoms with Crippen molar-refractivity contribution in [2.24, 2.45) is 21.7 Å². The van der Waals surface area contributed by atoms with Crippen LogP contribution in [0.5, 0.6) is 0 Å². The van der Waals surface area contributed by atoms with Crippen LogP contribution in [-0.4, -0.2) is 11.7 Å². The molecule has 5 heteroatoms. The van der Waals surface area contributed by atoms with Crippen molar-refractivity contribution in [1.29, 1.82) is 0 Å². The molecule has 0 fully saturated rings. The maximum Gasteiger partial charge on any atom is 0.211 e. The predicted octanol–water partition coefficient (Wildman–Crippen LogP) is 0.894. The average molecular weight is 194 g/mol. The van der Waals surface area contributed by atoms with E-state index in [2.05, 4.69) is 10.2 Å². The van der Waals surface area contributed by atoms with E-state index in [-0.39, 0.29) is 5.96 Å². The van der Waals surface area contributed by atoms with Crippen molar-refractivity contribution in [3.63, 3.8) is 0 Å². The normalized spacial score (nSPS) is 11.5. The number of aryl methyl sites for hydroxylation is 2. The van der Waals surface area contributed by atoms with Crippen LogP contribution in [0.2, 0.25) is 0 Å². The summed E-state index contributed by atoms with van der Waals surface area (Å²) in [5.74, 6) is 1.61. The molecule has 0 unspecified atom stereocenters. The van der Waals surface area contributed by atoms with E-state index in [9.17, 15) is 0 Å². The average Bonchev–Trinajstić information content (AvgIpc) is 2.41. The summed E-state index contributed by atoms with van der Waals surface area (Å²) in [5.41, 5.74) is 12.0. The first-order chi connectivity index (χ1) is 6.50. The van der Waals surface area contributed by atoms with Crippen molar-refractivity contribution in [3.05, 3.63) is 23.2 Å². The van der Waals surface area contributed by atoms with E-state index < -0.39 is 0 Å². The van der Waals surface area contributed by atoms with E-state index in [0.717, 1.165) is 22.8 Å². The zero-order valence-corrected chi connectivity index (χ0v) is 8.53. The summed E-state index contributed by atoms with van der Waals surface area (Å²) in [6.45, 7) is 5.57. The minimum atomic E-state index is -0.0535. The molecular weight excluding hydrogens is 180 g/mol. The summed E-state index contributed by atoms with van der Waals surface area (Å²) < 4.78 is 5.35. The van der Waals surface area contributed by atoms with E-state index in [1.807, 2.05) is 26.8 Å². The second-order valence-corrected chi connectivity index (χ2v) is 3.04. The lowest BCUT2D eigenvalue weighted by Crippen LogP contribution is -2.22. The minimum Gasteiger partial charge on any atom is -0.466 e. The van der Waals surface area contributed by atoms with Gasteiger partial charge < -0.3 is 15.9 Å². The van der Waals surface area contributed by atoms with Crippen LogP contribution in [0.25, 0.3) is 0 Å². The molecule has 0 aliphatic heterocycles. The summed E-state index contributed by atoms with van der Waals surface area (Å²) in [4.78, 5) is 0. The van der Waals surface area contributed by atoms with Crippen molar-refractivity contribution in [2.75, 3.05) is 0 Å². The first kappa shape index (κ1) is 10.3. The highest BCUT2D eigenvalue weighted by molar-refractivity contribution is 5.99. The number of guanidine groups is 1. The largest absolute Gasteiger partial charge is 0.466 e. The number of hydrogen-bond donors (Lipinski definition) is 2. The number of hydrogen-bond acceptors (Lipinski definition) is 3. The van der Waals surface area contributed by atoms with Gasteiger partial charge in [-0.25, -0.2) is 0 Å². The maximum absolute atomic E-state index is 5.35. The molecule has 0 spiro atoms.